The highest BCUT2D eigenvalue weighted by Crippen LogP contribution is 2.65. The molecule has 0 unspecified atom stereocenters. The predicted octanol–water partition coefficient (Wildman–Crippen LogP) is 7.80. The Morgan fingerprint density at radius 2 is 1.62 bits per heavy atom. The van der Waals surface area contributed by atoms with E-state index in [1.165, 1.54) is 18.1 Å². The maximum absolute atomic E-state index is 15.5. The SMILES string of the molecule is COc1ccc([C@@]23C(=O)N(Nc4ccc(Cl)cc4Cl)C(=O)[C@@H]2C[C@@H]2C(=CC[C@@H]4C(=O)N(C5CCCCC5)C(=O)[C@@H]42)[C@@H]3c2cc(Br)cc(OC)c2O)cc1. The fourth-order valence-corrected chi connectivity index (χ4v) is 10.8. The minimum atomic E-state index is -1.62. The molecule has 10 nitrogen and oxygen atoms in total. The van der Waals surface area contributed by atoms with Gasteiger partial charge in [-0.2, -0.15) is 5.01 Å². The molecule has 0 aromatic heterocycles. The van der Waals surface area contributed by atoms with Gasteiger partial charge in [0.1, 0.15) is 5.75 Å². The number of phenols is 1. The Bertz CT molecular complexity index is 2070. The number of nitrogens with zero attached hydrogens (tertiary/aromatic N) is 2. The van der Waals surface area contributed by atoms with Gasteiger partial charge in [0.15, 0.2) is 11.5 Å². The number of halogens is 3. The van der Waals surface area contributed by atoms with Gasteiger partial charge >= 0.3 is 0 Å². The lowest BCUT2D eigenvalue weighted by Gasteiger charge is -2.50. The summed E-state index contributed by atoms with van der Waals surface area (Å²) in [5.41, 5.74) is 3.27. The zero-order valence-corrected chi connectivity index (χ0v) is 32.2. The second-order valence-electron chi connectivity index (χ2n) is 14.6. The summed E-state index contributed by atoms with van der Waals surface area (Å²) in [7, 11) is 2.98. The number of likely N-dealkylation sites (tertiary alicyclic amines) is 1. The number of methoxy groups -OCH3 is 2. The number of hydrazine groups is 1. The summed E-state index contributed by atoms with van der Waals surface area (Å²) in [5.74, 6) is -4.77. The van der Waals surface area contributed by atoms with Crippen LogP contribution in [0.15, 0.2) is 70.7 Å². The minimum Gasteiger partial charge on any atom is -0.504 e. The number of carbonyl (C=O) groups is 4. The highest BCUT2D eigenvalue weighted by Gasteiger charge is 2.71. The van der Waals surface area contributed by atoms with Gasteiger partial charge in [-0.05, 0) is 79.6 Å². The molecule has 0 spiro atoms. The largest absolute Gasteiger partial charge is 0.504 e. The average molecular weight is 824 g/mol. The lowest BCUT2D eigenvalue weighted by molar-refractivity contribution is -0.144. The molecule has 53 heavy (non-hydrogen) atoms. The Kier molecular flexibility index (Phi) is 9.26. The molecule has 2 aliphatic heterocycles. The molecule has 0 radical (unpaired) electrons. The van der Waals surface area contributed by atoms with Crippen LogP contribution in [0, 0.1) is 23.7 Å². The standard InChI is InChI=1S/C40H38BrCl2N3O7/c1-52-24-11-8-20(9-12-24)40-29(37(49)46(39(40)51)44-31-15-10-22(42)18-30(31)43)19-27-25(34(40)28-16-21(41)17-32(53-2)35(28)47)13-14-26-33(27)38(50)45(36(26)48)23-6-4-3-5-7-23/h8-13,15-18,23,26-27,29,33-34,44,47H,3-7,14,19H2,1-2H3/t26-,27+,29-,33-,34+,40+/m0/s1. The number of carbonyl (C=O) groups excluding carboxylic acids is 4. The molecule has 6 atom stereocenters. The van der Waals surface area contributed by atoms with Gasteiger partial charge in [-0.3, -0.25) is 29.5 Å². The first kappa shape index (κ1) is 35.9. The van der Waals surface area contributed by atoms with Gasteiger partial charge in [0.05, 0.1) is 48.1 Å². The molecule has 2 saturated heterocycles. The highest BCUT2D eigenvalue weighted by molar-refractivity contribution is 9.10. The van der Waals surface area contributed by atoms with E-state index in [-0.39, 0.29) is 40.8 Å². The first-order chi connectivity index (χ1) is 25.5. The average Bonchev–Trinajstić information content (AvgIpc) is 3.54. The summed E-state index contributed by atoms with van der Waals surface area (Å²) in [4.78, 5) is 60.7. The van der Waals surface area contributed by atoms with Gasteiger partial charge in [0.2, 0.25) is 11.8 Å². The lowest BCUT2D eigenvalue weighted by Crippen LogP contribution is -2.53. The molecule has 2 heterocycles. The Labute approximate surface area is 325 Å². The van der Waals surface area contributed by atoms with Crippen molar-refractivity contribution in [3.05, 3.63) is 91.9 Å². The van der Waals surface area contributed by atoms with E-state index in [0.717, 1.165) is 42.7 Å². The molecule has 3 aromatic carbocycles. The third-order valence-electron chi connectivity index (χ3n) is 12.2. The zero-order valence-electron chi connectivity index (χ0n) is 29.1. The molecule has 2 saturated carbocycles. The van der Waals surface area contributed by atoms with E-state index in [1.807, 2.05) is 6.08 Å². The number of fused-ring (bicyclic) bond motifs is 4. The number of imide groups is 2. The monoisotopic (exact) mass is 821 g/mol. The van der Waals surface area contributed by atoms with Crippen molar-refractivity contribution >= 4 is 68.4 Å². The van der Waals surface area contributed by atoms with E-state index in [9.17, 15) is 19.5 Å². The second kappa shape index (κ2) is 13.7. The van der Waals surface area contributed by atoms with Crippen molar-refractivity contribution in [3.8, 4) is 17.2 Å². The van der Waals surface area contributed by atoms with Crippen molar-refractivity contribution in [2.75, 3.05) is 19.6 Å². The van der Waals surface area contributed by atoms with Crippen molar-refractivity contribution in [2.24, 2.45) is 23.7 Å². The number of aromatic hydroxyl groups is 1. The van der Waals surface area contributed by atoms with E-state index < -0.39 is 46.8 Å². The number of benzene rings is 3. The van der Waals surface area contributed by atoms with Crippen molar-refractivity contribution in [2.45, 2.75) is 62.3 Å². The van der Waals surface area contributed by atoms with Crippen LogP contribution in [-0.2, 0) is 24.6 Å². The van der Waals surface area contributed by atoms with E-state index in [4.69, 9.17) is 32.7 Å². The third kappa shape index (κ3) is 5.48. The van der Waals surface area contributed by atoms with Gasteiger partial charge in [0, 0.05) is 27.0 Å². The maximum atomic E-state index is 15.5. The number of ether oxygens (including phenoxy) is 2. The Morgan fingerprint density at radius 1 is 0.887 bits per heavy atom. The van der Waals surface area contributed by atoms with Crippen LogP contribution in [0.4, 0.5) is 5.69 Å². The normalized spacial score (nSPS) is 28.4. The van der Waals surface area contributed by atoms with Gasteiger partial charge in [-0.1, -0.05) is 82.2 Å². The molecule has 2 N–H and O–H groups in total. The molecular formula is C40H38BrCl2N3O7. The van der Waals surface area contributed by atoms with Crippen molar-refractivity contribution in [3.63, 3.8) is 0 Å². The molecule has 13 heteroatoms. The molecule has 3 aromatic rings. The van der Waals surface area contributed by atoms with E-state index >= 15 is 4.79 Å². The number of phenolic OH excluding ortho intramolecular Hbond substituents is 1. The summed E-state index contributed by atoms with van der Waals surface area (Å²) in [5, 5.41) is 13.5. The molecule has 5 aliphatic rings. The van der Waals surface area contributed by atoms with Gasteiger partial charge < -0.3 is 14.6 Å². The van der Waals surface area contributed by atoms with E-state index in [0.29, 0.717) is 38.5 Å². The topological polar surface area (TPSA) is 125 Å². The Hall–Kier alpha value is -4.06. The van der Waals surface area contributed by atoms with Crippen LogP contribution < -0.4 is 14.9 Å². The van der Waals surface area contributed by atoms with Gasteiger partial charge in [-0.25, -0.2) is 0 Å². The number of anilines is 1. The fraction of sp³-hybridized carbons (Fsp3) is 0.400. The maximum Gasteiger partial charge on any atom is 0.260 e. The highest BCUT2D eigenvalue weighted by atomic mass is 79.9. The van der Waals surface area contributed by atoms with E-state index in [1.54, 1.807) is 55.6 Å². The van der Waals surface area contributed by atoms with Crippen LogP contribution in [0.1, 0.15) is 62.0 Å². The first-order valence-corrected chi connectivity index (χ1v) is 19.4. The first-order valence-electron chi connectivity index (χ1n) is 17.9. The summed E-state index contributed by atoms with van der Waals surface area (Å²) in [6, 6.07) is 14.9. The lowest BCUT2D eigenvalue weighted by atomic mass is 9.49. The smallest absolute Gasteiger partial charge is 0.260 e. The van der Waals surface area contributed by atoms with Gasteiger partial charge in [0.25, 0.3) is 11.8 Å². The van der Waals surface area contributed by atoms with Crippen LogP contribution in [0.2, 0.25) is 10.0 Å². The molecular weight excluding hydrogens is 785 g/mol. The van der Waals surface area contributed by atoms with Crippen molar-refractivity contribution in [1.82, 2.24) is 9.91 Å². The number of hydrogen-bond acceptors (Lipinski definition) is 8. The van der Waals surface area contributed by atoms with Crippen LogP contribution >= 0.6 is 39.1 Å². The van der Waals surface area contributed by atoms with Crippen LogP contribution in [0.5, 0.6) is 17.2 Å². The van der Waals surface area contributed by atoms with Gasteiger partial charge in [-0.15, -0.1) is 0 Å². The number of hydrogen-bond donors (Lipinski definition) is 2. The zero-order chi connectivity index (χ0) is 37.3. The third-order valence-corrected chi connectivity index (χ3v) is 13.2. The fourth-order valence-electron chi connectivity index (χ4n) is 9.88. The molecule has 4 amide bonds. The number of nitrogens with one attached hydrogen (secondary N) is 1. The van der Waals surface area contributed by atoms with Crippen molar-refractivity contribution < 1.29 is 33.8 Å². The number of amides is 4. The minimum absolute atomic E-state index is 0.121. The number of rotatable bonds is 7. The summed E-state index contributed by atoms with van der Waals surface area (Å²) >= 11 is 16.3. The van der Waals surface area contributed by atoms with Crippen LogP contribution in [0.25, 0.3) is 0 Å². The van der Waals surface area contributed by atoms with Crippen LogP contribution in [-0.4, -0.2) is 58.9 Å². The predicted molar refractivity (Wildman–Crippen MR) is 202 cm³/mol. The van der Waals surface area contributed by atoms with Crippen LogP contribution in [0.3, 0.4) is 0 Å². The summed E-state index contributed by atoms with van der Waals surface area (Å²) < 4.78 is 11.7. The quantitative estimate of drug-likeness (QED) is 0.183. The summed E-state index contributed by atoms with van der Waals surface area (Å²) in [6.45, 7) is 0. The molecule has 3 aliphatic carbocycles. The Morgan fingerprint density at radius 3 is 2.30 bits per heavy atom. The number of allylic oxidation sites excluding steroid dienone is 2. The molecule has 0 bridgehead atoms. The van der Waals surface area contributed by atoms with E-state index in [2.05, 4.69) is 21.4 Å². The van der Waals surface area contributed by atoms with Crippen molar-refractivity contribution in [1.29, 1.82) is 0 Å². The summed E-state index contributed by atoms with van der Waals surface area (Å²) in [6.07, 6.45) is 6.94. The molecule has 8 rings (SSSR count). The Balaban J connectivity index is 1.35. The molecule has 4 fully saturated rings. The second-order valence-corrected chi connectivity index (χ2v) is 16.4. The molecule has 276 valence electrons.